The lowest BCUT2D eigenvalue weighted by atomic mass is 10.1. The van der Waals surface area contributed by atoms with Gasteiger partial charge in [0.05, 0.1) is 0 Å². The van der Waals surface area contributed by atoms with E-state index in [2.05, 4.69) is 31.7 Å². The number of rotatable bonds is 17. The van der Waals surface area contributed by atoms with Gasteiger partial charge in [0, 0.05) is 12.2 Å². The summed E-state index contributed by atoms with van der Waals surface area (Å²) in [4.78, 5) is 11.3. The Hall–Kier alpha value is -0.0900. The van der Waals surface area contributed by atoms with Gasteiger partial charge in [-0.2, -0.15) is 26.1 Å². The molecule has 0 amide bonds. The van der Waals surface area contributed by atoms with Gasteiger partial charge in [0.25, 0.3) is 0 Å². The summed E-state index contributed by atoms with van der Waals surface area (Å²) >= 11 is 4.01. The average Bonchev–Trinajstić information content (AvgIpc) is 2.56. The molecule has 0 aliphatic rings. The maximum absolute atomic E-state index is 11.3. The number of esters is 1. The fourth-order valence-electron chi connectivity index (χ4n) is 2.57. The molecule has 0 aromatic carbocycles. The third-order valence-corrected chi connectivity index (χ3v) is 4.18. The standard InChI is InChI=1S/C20H38O2S.H2S/c1-2-3-4-5-6-7-8-9-10-11-12-13-14-15-16-17-20(21)22-18-19-23;/h9-10,23H,2-8,11-19H2,1H3;1H2/b10-9-;. The van der Waals surface area contributed by atoms with Crippen LogP contribution in [-0.4, -0.2) is 18.3 Å². The number of hydrogen-bond acceptors (Lipinski definition) is 3. The highest BCUT2D eigenvalue weighted by Gasteiger charge is 2.01. The summed E-state index contributed by atoms with van der Waals surface area (Å²) in [6, 6.07) is 0. The van der Waals surface area contributed by atoms with E-state index in [1.807, 2.05) is 0 Å². The fraction of sp³-hybridized carbons (Fsp3) is 0.850. The van der Waals surface area contributed by atoms with Gasteiger partial charge < -0.3 is 4.74 Å². The van der Waals surface area contributed by atoms with E-state index in [1.165, 1.54) is 70.6 Å². The number of hydrogen-bond donors (Lipinski definition) is 1. The van der Waals surface area contributed by atoms with Gasteiger partial charge in [-0.05, 0) is 32.1 Å². The van der Waals surface area contributed by atoms with Crippen LogP contribution in [0.1, 0.15) is 96.8 Å². The van der Waals surface area contributed by atoms with Gasteiger partial charge in [-0.15, -0.1) is 0 Å². The van der Waals surface area contributed by atoms with Gasteiger partial charge in [0.2, 0.25) is 0 Å². The molecule has 4 heteroatoms. The highest BCUT2D eigenvalue weighted by molar-refractivity contribution is 7.80. The van der Waals surface area contributed by atoms with Crippen LogP contribution in [0.2, 0.25) is 0 Å². The lowest BCUT2D eigenvalue weighted by Crippen LogP contribution is -2.06. The second-order valence-electron chi connectivity index (χ2n) is 6.28. The van der Waals surface area contributed by atoms with Crippen molar-refractivity contribution in [1.29, 1.82) is 0 Å². The number of carbonyl (C=O) groups excluding carboxylic acids is 1. The van der Waals surface area contributed by atoms with E-state index in [4.69, 9.17) is 4.74 Å². The van der Waals surface area contributed by atoms with Gasteiger partial charge in [0.15, 0.2) is 0 Å². The van der Waals surface area contributed by atoms with Gasteiger partial charge in [0.1, 0.15) is 6.61 Å². The second-order valence-corrected chi connectivity index (χ2v) is 6.73. The zero-order valence-electron chi connectivity index (χ0n) is 15.7. The maximum Gasteiger partial charge on any atom is 0.305 e. The molecule has 0 radical (unpaired) electrons. The highest BCUT2D eigenvalue weighted by Crippen LogP contribution is 2.10. The predicted molar refractivity (Wildman–Crippen MR) is 115 cm³/mol. The highest BCUT2D eigenvalue weighted by atomic mass is 32.1. The Morgan fingerprint density at radius 2 is 1.33 bits per heavy atom. The molecule has 0 bridgehead atoms. The van der Waals surface area contributed by atoms with Crippen molar-refractivity contribution in [3.05, 3.63) is 12.2 Å². The molecule has 0 atom stereocenters. The first kappa shape index (κ1) is 26.1. The van der Waals surface area contributed by atoms with E-state index >= 15 is 0 Å². The molecule has 0 fully saturated rings. The first-order chi connectivity index (χ1) is 11.3. The van der Waals surface area contributed by atoms with E-state index in [9.17, 15) is 4.79 Å². The fourth-order valence-corrected chi connectivity index (χ4v) is 2.66. The van der Waals surface area contributed by atoms with E-state index in [0.717, 1.165) is 12.8 Å². The molecule has 0 aromatic heterocycles. The summed E-state index contributed by atoms with van der Waals surface area (Å²) in [5.41, 5.74) is 0. The molecule has 0 saturated heterocycles. The third kappa shape index (κ3) is 21.9. The molecule has 0 rings (SSSR count). The van der Waals surface area contributed by atoms with Crippen LogP contribution in [-0.2, 0) is 9.53 Å². The number of thiol groups is 1. The Labute approximate surface area is 163 Å². The van der Waals surface area contributed by atoms with Crippen molar-refractivity contribution >= 4 is 32.1 Å². The quantitative estimate of drug-likeness (QED) is 0.134. The van der Waals surface area contributed by atoms with Crippen LogP contribution in [0.25, 0.3) is 0 Å². The van der Waals surface area contributed by atoms with E-state index in [1.54, 1.807) is 0 Å². The van der Waals surface area contributed by atoms with Crippen molar-refractivity contribution in [3.8, 4) is 0 Å². The lowest BCUT2D eigenvalue weighted by molar-refractivity contribution is -0.143. The molecular weight excluding hydrogens is 336 g/mol. The molecule has 0 aliphatic heterocycles. The Kier molecular flexibility index (Phi) is 25.0. The van der Waals surface area contributed by atoms with Crippen molar-refractivity contribution in [2.45, 2.75) is 96.8 Å². The zero-order valence-corrected chi connectivity index (χ0v) is 17.6. The molecule has 0 saturated carbocycles. The van der Waals surface area contributed by atoms with Gasteiger partial charge >= 0.3 is 5.97 Å². The normalized spacial score (nSPS) is 10.8. The number of allylic oxidation sites excluding steroid dienone is 2. The van der Waals surface area contributed by atoms with Crippen LogP contribution in [0.15, 0.2) is 12.2 Å². The number of carbonyl (C=O) groups is 1. The topological polar surface area (TPSA) is 26.3 Å². The predicted octanol–water partition coefficient (Wildman–Crippen LogP) is 6.61. The Bertz CT molecular complexity index is 281. The largest absolute Gasteiger partial charge is 0.465 e. The first-order valence-corrected chi connectivity index (χ1v) is 10.4. The maximum atomic E-state index is 11.3. The molecule has 0 spiro atoms. The Morgan fingerprint density at radius 3 is 1.88 bits per heavy atom. The molecule has 0 aromatic rings. The molecule has 0 aliphatic carbocycles. The van der Waals surface area contributed by atoms with E-state index in [0.29, 0.717) is 18.8 Å². The first-order valence-electron chi connectivity index (χ1n) is 9.72. The smallest absolute Gasteiger partial charge is 0.305 e. The lowest BCUT2D eigenvalue weighted by Gasteiger charge is -2.02. The van der Waals surface area contributed by atoms with Crippen molar-refractivity contribution in [3.63, 3.8) is 0 Å². The molecule has 24 heavy (non-hydrogen) atoms. The van der Waals surface area contributed by atoms with Crippen molar-refractivity contribution in [1.82, 2.24) is 0 Å². The van der Waals surface area contributed by atoms with Crippen LogP contribution in [0, 0.1) is 0 Å². The van der Waals surface area contributed by atoms with Crippen LogP contribution in [0.4, 0.5) is 0 Å². The minimum Gasteiger partial charge on any atom is -0.465 e. The molecule has 0 heterocycles. The van der Waals surface area contributed by atoms with Crippen LogP contribution in [0.5, 0.6) is 0 Å². The monoisotopic (exact) mass is 376 g/mol. The minimum atomic E-state index is -0.0725. The molecular formula is C20H40O2S2. The summed E-state index contributed by atoms with van der Waals surface area (Å²) in [5.74, 6) is 0.537. The Balaban J connectivity index is 0. The minimum absolute atomic E-state index is 0. The Morgan fingerprint density at radius 1 is 0.833 bits per heavy atom. The summed E-state index contributed by atoms with van der Waals surface area (Å²) in [7, 11) is 0. The van der Waals surface area contributed by atoms with Crippen LogP contribution in [0.3, 0.4) is 0 Å². The SMILES string of the molecule is CCCCCCCC/C=C\CCCCCCCC(=O)OCCS.S. The van der Waals surface area contributed by atoms with Crippen molar-refractivity contribution in [2.24, 2.45) is 0 Å². The molecule has 0 unspecified atom stereocenters. The summed E-state index contributed by atoms with van der Waals surface area (Å²) < 4.78 is 4.99. The van der Waals surface area contributed by atoms with Gasteiger partial charge in [-0.3, -0.25) is 4.79 Å². The number of unbranched alkanes of at least 4 members (excludes halogenated alkanes) is 11. The van der Waals surface area contributed by atoms with Crippen molar-refractivity contribution < 1.29 is 9.53 Å². The van der Waals surface area contributed by atoms with Crippen LogP contribution >= 0.6 is 26.1 Å². The summed E-state index contributed by atoms with van der Waals surface area (Å²) in [5, 5.41) is 0. The average molecular weight is 377 g/mol. The third-order valence-electron chi connectivity index (χ3n) is 4.00. The zero-order chi connectivity index (χ0) is 17.0. The molecule has 0 N–H and O–H groups in total. The summed E-state index contributed by atoms with van der Waals surface area (Å²) in [6.07, 6.45) is 21.9. The van der Waals surface area contributed by atoms with Crippen LogP contribution < -0.4 is 0 Å². The molecule has 144 valence electrons. The summed E-state index contributed by atoms with van der Waals surface area (Å²) in [6.45, 7) is 2.70. The van der Waals surface area contributed by atoms with Gasteiger partial charge in [-0.1, -0.05) is 70.4 Å². The number of ether oxygens (including phenoxy) is 1. The van der Waals surface area contributed by atoms with E-state index in [-0.39, 0.29) is 19.5 Å². The molecule has 2 nitrogen and oxygen atoms in total. The second kappa shape index (κ2) is 22.9. The van der Waals surface area contributed by atoms with Gasteiger partial charge in [-0.25, -0.2) is 0 Å². The van der Waals surface area contributed by atoms with E-state index < -0.39 is 0 Å². The van der Waals surface area contributed by atoms with Crippen molar-refractivity contribution in [2.75, 3.05) is 12.4 Å².